The molecule has 0 aliphatic heterocycles. The Balaban J connectivity index is 2.15. The van der Waals surface area contributed by atoms with Crippen LogP contribution in [-0.4, -0.2) is 13.2 Å². The van der Waals surface area contributed by atoms with Gasteiger partial charge in [-0.2, -0.15) is 0 Å². The lowest BCUT2D eigenvalue weighted by Crippen LogP contribution is -2.04. The van der Waals surface area contributed by atoms with Crippen LogP contribution in [-0.2, 0) is 0 Å². The van der Waals surface area contributed by atoms with Crippen LogP contribution in [0.3, 0.4) is 0 Å². The second kappa shape index (κ2) is 11.5. The van der Waals surface area contributed by atoms with Gasteiger partial charge in [-0.1, -0.05) is 57.9 Å². The number of unbranched alkanes of at least 4 members (excludes halogenated alkanes) is 7. The molecule has 0 aliphatic carbocycles. The predicted octanol–water partition coefficient (Wildman–Crippen LogP) is 5.95. The van der Waals surface area contributed by atoms with E-state index in [1.54, 1.807) is 0 Å². The molecule has 21 heavy (non-hydrogen) atoms. The molecule has 120 valence electrons. The third-order valence-corrected chi connectivity index (χ3v) is 3.78. The minimum atomic E-state index is 0.718. The van der Waals surface area contributed by atoms with Crippen LogP contribution >= 0.6 is 0 Å². The quantitative estimate of drug-likeness (QED) is 0.481. The smallest absolute Gasteiger partial charge is 0.142 e. The first kappa shape index (κ1) is 17.9. The number of hydrogen-bond donors (Lipinski definition) is 1. The van der Waals surface area contributed by atoms with Crippen molar-refractivity contribution in [2.24, 2.45) is 0 Å². The second-order valence-corrected chi connectivity index (χ2v) is 5.83. The van der Waals surface area contributed by atoms with Crippen molar-refractivity contribution in [3.63, 3.8) is 0 Å². The maximum absolute atomic E-state index is 5.69. The Morgan fingerprint density at radius 2 is 1.57 bits per heavy atom. The molecule has 0 fully saturated rings. The molecule has 0 aromatic heterocycles. The molecule has 0 radical (unpaired) electrons. The summed E-state index contributed by atoms with van der Waals surface area (Å²) in [6, 6.07) is 6.38. The van der Waals surface area contributed by atoms with E-state index in [1.165, 1.54) is 56.9 Å². The number of ether oxygens (including phenoxy) is 1. The molecule has 0 atom stereocenters. The average Bonchev–Trinajstić information content (AvgIpc) is 2.48. The summed E-state index contributed by atoms with van der Waals surface area (Å²) >= 11 is 0. The third kappa shape index (κ3) is 7.99. The molecule has 1 aromatic carbocycles. The molecule has 1 aromatic rings. The fourth-order valence-electron chi connectivity index (χ4n) is 2.53. The number of rotatable bonds is 12. The van der Waals surface area contributed by atoms with Gasteiger partial charge in [-0.3, -0.25) is 0 Å². The lowest BCUT2D eigenvalue weighted by molar-refractivity contribution is 0.341. The second-order valence-electron chi connectivity index (χ2n) is 5.83. The van der Waals surface area contributed by atoms with Crippen LogP contribution in [0.2, 0.25) is 0 Å². The molecule has 0 bridgehead atoms. The number of anilines is 1. The Labute approximate surface area is 131 Å². The van der Waals surface area contributed by atoms with Gasteiger partial charge in [0.2, 0.25) is 0 Å². The van der Waals surface area contributed by atoms with Crippen molar-refractivity contribution in [2.45, 2.75) is 72.1 Å². The normalized spacial score (nSPS) is 10.6. The minimum Gasteiger partial charge on any atom is -0.492 e. The van der Waals surface area contributed by atoms with E-state index in [9.17, 15) is 0 Å². The highest BCUT2D eigenvalue weighted by Crippen LogP contribution is 2.25. The van der Waals surface area contributed by atoms with E-state index < -0.39 is 0 Å². The van der Waals surface area contributed by atoms with E-state index in [1.807, 2.05) is 6.92 Å². The summed E-state index contributed by atoms with van der Waals surface area (Å²) in [5, 5.41) is 3.51. The maximum Gasteiger partial charge on any atom is 0.142 e. The van der Waals surface area contributed by atoms with E-state index in [2.05, 4.69) is 37.4 Å². The molecule has 2 heteroatoms. The zero-order chi connectivity index (χ0) is 15.3. The molecule has 0 aliphatic rings. The van der Waals surface area contributed by atoms with E-state index in [-0.39, 0.29) is 0 Å². The zero-order valence-corrected chi connectivity index (χ0v) is 14.2. The summed E-state index contributed by atoms with van der Waals surface area (Å²) in [6.07, 6.45) is 10.9. The van der Waals surface area contributed by atoms with Crippen LogP contribution in [0.1, 0.15) is 70.8 Å². The Kier molecular flexibility index (Phi) is 9.77. The van der Waals surface area contributed by atoms with Gasteiger partial charge in [-0.05, 0) is 38.0 Å². The molecule has 0 spiro atoms. The van der Waals surface area contributed by atoms with E-state index in [0.717, 1.165) is 24.6 Å². The first-order valence-electron chi connectivity index (χ1n) is 8.75. The molecule has 2 nitrogen and oxygen atoms in total. The minimum absolute atomic E-state index is 0.718. The standard InChI is InChI=1S/C19H33NO/c1-4-6-7-8-9-10-11-12-15-20-18-14-13-17(3)16-19(18)21-5-2/h13-14,16,20H,4-12,15H2,1-3H3. The van der Waals surface area contributed by atoms with Crippen LogP contribution in [0.5, 0.6) is 5.75 Å². The fraction of sp³-hybridized carbons (Fsp3) is 0.684. The van der Waals surface area contributed by atoms with Gasteiger partial charge in [-0.15, -0.1) is 0 Å². The summed E-state index contributed by atoms with van der Waals surface area (Å²) in [7, 11) is 0. The van der Waals surface area contributed by atoms with Gasteiger partial charge in [0.15, 0.2) is 0 Å². The molecular formula is C19H33NO. The van der Waals surface area contributed by atoms with Gasteiger partial charge in [0.05, 0.1) is 12.3 Å². The Morgan fingerprint density at radius 1 is 0.905 bits per heavy atom. The number of aryl methyl sites for hydroxylation is 1. The molecule has 1 rings (SSSR count). The summed E-state index contributed by atoms with van der Waals surface area (Å²) in [5.74, 6) is 0.983. The summed E-state index contributed by atoms with van der Waals surface area (Å²) < 4.78 is 5.69. The van der Waals surface area contributed by atoms with Gasteiger partial charge in [0.25, 0.3) is 0 Å². The fourth-order valence-corrected chi connectivity index (χ4v) is 2.53. The van der Waals surface area contributed by atoms with Crippen molar-refractivity contribution < 1.29 is 4.74 Å². The van der Waals surface area contributed by atoms with E-state index in [0.29, 0.717) is 0 Å². The van der Waals surface area contributed by atoms with Gasteiger partial charge in [0.1, 0.15) is 5.75 Å². The Hall–Kier alpha value is -1.18. The van der Waals surface area contributed by atoms with Gasteiger partial charge in [-0.25, -0.2) is 0 Å². The van der Waals surface area contributed by atoms with Crippen LogP contribution in [0.25, 0.3) is 0 Å². The monoisotopic (exact) mass is 291 g/mol. The number of benzene rings is 1. The number of hydrogen-bond acceptors (Lipinski definition) is 2. The molecule has 0 unspecified atom stereocenters. The topological polar surface area (TPSA) is 21.3 Å². The predicted molar refractivity (Wildman–Crippen MR) is 93.4 cm³/mol. The number of nitrogens with one attached hydrogen (secondary N) is 1. The van der Waals surface area contributed by atoms with Crippen molar-refractivity contribution in [2.75, 3.05) is 18.5 Å². The summed E-state index contributed by atoms with van der Waals surface area (Å²) in [6.45, 7) is 8.16. The SMILES string of the molecule is CCCCCCCCCCNc1ccc(C)cc1OCC. The molecule has 1 N–H and O–H groups in total. The molecule has 0 saturated carbocycles. The Morgan fingerprint density at radius 3 is 2.24 bits per heavy atom. The molecular weight excluding hydrogens is 258 g/mol. The van der Waals surface area contributed by atoms with E-state index >= 15 is 0 Å². The highest BCUT2D eigenvalue weighted by atomic mass is 16.5. The molecule has 0 saturated heterocycles. The highest BCUT2D eigenvalue weighted by Gasteiger charge is 2.02. The van der Waals surface area contributed by atoms with E-state index in [4.69, 9.17) is 4.74 Å². The average molecular weight is 291 g/mol. The van der Waals surface area contributed by atoms with Gasteiger partial charge < -0.3 is 10.1 Å². The van der Waals surface area contributed by atoms with Crippen molar-refractivity contribution >= 4 is 5.69 Å². The molecule has 0 heterocycles. The zero-order valence-electron chi connectivity index (χ0n) is 14.2. The van der Waals surface area contributed by atoms with Crippen molar-refractivity contribution in [1.29, 1.82) is 0 Å². The first-order valence-corrected chi connectivity index (χ1v) is 8.75. The van der Waals surface area contributed by atoms with Crippen LogP contribution < -0.4 is 10.1 Å². The van der Waals surface area contributed by atoms with Crippen molar-refractivity contribution in [3.8, 4) is 5.75 Å². The molecule has 0 amide bonds. The highest BCUT2D eigenvalue weighted by molar-refractivity contribution is 5.57. The van der Waals surface area contributed by atoms with Crippen LogP contribution in [0.4, 0.5) is 5.69 Å². The lowest BCUT2D eigenvalue weighted by atomic mass is 10.1. The lowest BCUT2D eigenvalue weighted by Gasteiger charge is -2.13. The van der Waals surface area contributed by atoms with Crippen LogP contribution in [0, 0.1) is 6.92 Å². The van der Waals surface area contributed by atoms with Crippen molar-refractivity contribution in [1.82, 2.24) is 0 Å². The summed E-state index contributed by atoms with van der Waals surface area (Å²) in [4.78, 5) is 0. The summed E-state index contributed by atoms with van der Waals surface area (Å²) in [5.41, 5.74) is 2.38. The van der Waals surface area contributed by atoms with Crippen molar-refractivity contribution in [3.05, 3.63) is 23.8 Å². The Bertz CT molecular complexity index is 376. The largest absolute Gasteiger partial charge is 0.492 e. The van der Waals surface area contributed by atoms with Gasteiger partial charge >= 0.3 is 0 Å². The van der Waals surface area contributed by atoms with Crippen LogP contribution in [0.15, 0.2) is 18.2 Å². The third-order valence-electron chi connectivity index (χ3n) is 3.78. The maximum atomic E-state index is 5.69. The van der Waals surface area contributed by atoms with Gasteiger partial charge in [0, 0.05) is 6.54 Å². The first-order chi connectivity index (χ1) is 10.3.